The highest BCUT2D eigenvalue weighted by Gasteiger charge is 2.69. The van der Waals surface area contributed by atoms with Gasteiger partial charge in [0, 0.05) is 25.3 Å². The fourth-order valence-corrected chi connectivity index (χ4v) is 6.24. The highest BCUT2D eigenvalue weighted by Crippen LogP contribution is 2.62. The highest BCUT2D eigenvalue weighted by molar-refractivity contribution is 5.61. The van der Waals surface area contributed by atoms with E-state index in [1.54, 1.807) is 13.2 Å². The van der Waals surface area contributed by atoms with E-state index in [0.29, 0.717) is 5.75 Å². The molecule has 1 unspecified atom stereocenters. The molecule has 2 aliphatic carbocycles. The zero-order valence-electron chi connectivity index (χ0n) is 16.6. The summed E-state index contributed by atoms with van der Waals surface area (Å²) in [5, 5.41) is 22.6. The molecule has 1 aromatic carbocycles. The summed E-state index contributed by atoms with van der Waals surface area (Å²) in [5.41, 5.74) is 0.794. The third-order valence-electron chi connectivity index (χ3n) is 7.83. The molecule has 4 aliphatic rings. The zero-order chi connectivity index (χ0) is 19.0. The van der Waals surface area contributed by atoms with Crippen LogP contribution in [0.2, 0.25) is 0 Å². The molecule has 5 nitrogen and oxygen atoms in total. The van der Waals surface area contributed by atoms with Crippen LogP contribution in [-0.4, -0.2) is 59.2 Å². The predicted molar refractivity (Wildman–Crippen MR) is 102 cm³/mol. The van der Waals surface area contributed by atoms with Crippen LogP contribution in [0.1, 0.15) is 50.7 Å². The van der Waals surface area contributed by atoms with E-state index in [1.165, 1.54) is 18.4 Å². The lowest BCUT2D eigenvalue weighted by atomic mass is 9.53. The van der Waals surface area contributed by atoms with Crippen molar-refractivity contribution in [2.75, 3.05) is 20.2 Å². The number of likely N-dealkylation sites (tertiary alicyclic amines) is 1. The topological polar surface area (TPSA) is 62.2 Å². The fraction of sp³-hybridized carbons (Fsp3) is 0.727. The molecule has 1 saturated heterocycles. The Labute approximate surface area is 161 Å². The molecule has 1 saturated carbocycles. The number of ether oxygens (including phenoxy) is 2. The summed E-state index contributed by atoms with van der Waals surface area (Å²) in [7, 11) is 1.72. The first-order valence-corrected chi connectivity index (χ1v) is 10.4. The van der Waals surface area contributed by atoms with Gasteiger partial charge in [-0.15, -0.1) is 0 Å². The molecule has 2 heterocycles. The van der Waals surface area contributed by atoms with Crippen molar-refractivity contribution < 1.29 is 19.7 Å². The molecule has 5 rings (SSSR count). The van der Waals surface area contributed by atoms with E-state index in [0.717, 1.165) is 43.8 Å². The molecule has 2 bridgehead atoms. The number of hydrogen-bond acceptors (Lipinski definition) is 5. The SMILES string of the molecule is CC[C@H](OC)[C@@H]1Oc2c(O)ccc3c2[C@@]12CCN(CC1CC1)C(C3)[C@@]2(C)O. The number of hydrogen-bond donors (Lipinski definition) is 2. The van der Waals surface area contributed by atoms with Crippen LogP contribution < -0.4 is 4.74 Å². The average molecular weight is 373 g/mol. The molecule has 0 aromatic heterocycles. The van der Waals surface area contributed by atoms with Crippen molar-refractivity contribution in [3.63, 3.8) is 0 Å². The summed E-state index contributed by atoms with van der Waals surface area (Å²) in [4.78, 5) is 2.52. The molecule has 2 fully saturated rings. The van der Waals surface area contributed by atoms with Gasteiger partial charge < -0.3 is 19.7 Å². The number of phenols is 1. The molecular formula is C22H31NO4. The Balaban J connectivity index is 1.67. The van der Waals surface area contributed by atoms with Gasteiger partial charge in [-0.3, -0.25) is 4.90 Å². The van der Waals surface area contributed by atoms with Gasteiger partial charge in [-0.2, -0.15) is 0 Å². The number of methoxy groups -OCH3 is 1. The van der Waals surface area contributed by atoms with Gasteiger partial charge in [0.2, 0.25) is 0 Å². The van der Waals surface area contributed by atoms with E-state index < -0.39 is 11.0 Å². The first-order valence-electron chi connectivity index (χ1n) is 10.4. The van der Waals surface area contributed by atoms with E-state index in [2.05, 4.69) is 11.8 Å². The van der Waals surface area contributed by atoms with Crippen molar-refractivity contribution in [3.05, 3.63) is 23.3 Å². The first kappa shape index (κ1) is 17.8. The van der Waals surface area contributed by atoms with Crippen LogP contribution in [0.3, 0.4) is 0 Å². The maximum Gasteiger partial charge on any atom is 0.165 e. The second kappa shape index (κ2) is 5.85. The molecule has 1 aromatic rings. The Morgan fingerprint density at radius 3 is 2.81 bits per heavy atom. The lowest BCUT2D eigenvalue weighted by Crippen LogP contribution is -2.74. The first-order chi connectivity index (χ1) is 12.9. The summed E-state index contributed by atoms with van der Waals surface area (Å²) in [5.74, 6) is 1.54. The van der Waals surface area contributed by atoms with Crippen LogP contribution in [0.25, 0.3) is 0 Å². The molecule has 27 heavy (non-hydrogen) atoms. The van der Waals surface area contributed by atoms with Crippen molar-refractivity contribution in [2.45, 2.75) is 75.2 Å². The molecule has 0 radical (unpaired) electrons. The van der Waals surface area contributed by atoms with Gasteiger partial charge in [-0.25, -0.2) is 0 Å². The van der Waals surface area contributed by atoms with Crippen molar-refractivity contribution >= 4 is 0 Å². The number of benzene rings is 1. The largest absolute Gasteiger partial charge is 0.504 e. The summed E-state index contributed by atoms with van der Waals surface area (Å²) in [6, 6.07) is 3.86. The molecule has 2 N–H and O–H groups in total. The van der Waals surface area contributed by atoms with Crippen LogP contribution in [0, 0.1) is 5.92 Å². The normalized spacial score (nSPS) is 38.4. The summed E-state index contributed by atoms with van der Waals surface area (Å²) in [6.07, 6.45) is 4.68. The fourth-order valence-electron chi connectivity index (χ4n) is 6.24. The number of nitrogens with zero attached hydrogens (tertiary/aromatic N) is 1. The van der Waals surface area contributed by atoms with Crippen LogP contribution in [0.5, 0.6) is 11.5 Å². The van der Waals surface area contributed by atoms with E-state index in [4.69, 9.17) is 9.47 Å². The Kier molecular flexibility index (Phi) is 3.85. The molecule has 2 aliphatic heterocycles. The summed E-state index contributed by atoms with van der Waals surface area (Å²) < 4.78 is 12.2. The minimum atomic E-state index is -0.928. The van der Waals surface area contributed by atoms with Gasteiger partial charge in [-0.1, -0.05) is 13.0 Å². The van der Waals surface area contributed by atoms with Crippen LogP contribution >= 0.6 is 0 Å². The van der Waals surface area contributed by atoms with Crippen molar-refractivity contribution in [1.82, 2.24) is 4.90 Å². The second-order valence-electron chi connectivity index (χ2n) is 9.20. The van der Waals surface area contributed by atoms with Crippen LogP contribution in [-0.2, 0) is 16.6 Å². The van der Waals surface area contributed by atoms with Gasteiger partial charge in [-0.05, 0) is 63.1 Å². The van der Waals surface area contributed by atoms with Crippen molar-refractivity contribution in [1.29, 1.82) is 0 Å². The molecule has 1 spiro atoms. The highest BCUT2D eigenvalue weighted by atomic mass is 16.5. The predicted octanol–water partition coefficient (Wildman–Crippen LogP) is 2.61. The molecule has 5 atom stereocenters. The minimum absolute atomic E-state index is 0.0790. The number of aromatic hydroxyl groups is 1. The third kappa shape index (κ3) is 2.22. The molecule has 5 heteroatoms. The lowest BCUT2D eigenvalue weighted by molar-refractivity contribution is -0.173. The van der Waals surface area contributed by atoms with E-state index in [1.807, 2.05) is 13.0 Å². The third-order valence-corrected chi connectivity index (χ3v) is 7.83. The monoisotopic (exact) mass is 373 g/mol. The zero-order valence-corrected chi connectivity index (χ0v) is 16.6. The number of phenolic OH excluding ortho intramolecular Hbond substituents is 1. The minimum Gasteiger partial charge on any atom is -0.504 e. The second-order valence-corrected chi connectivity index (χ2v) is 9.20. The van der Waals surface area contributed by atoms with E-state index in [-0.39, 0.29) is 24.0 Å². The average Bonchev–Trinajstić information content (AvgIpc) is 3.37. The smallest absolute Gasteiger partial charge is 0.165 e. The number of fused-ring (bicyclic) bond motifs is 1. The van der Waals surface area contributed by atoms with Gasteiger partial charge in [0.1, 0.15) is 6.10 Å². The Morgan fingerprint density at radius 1 is 1.37 bits per heavy atom. The number of piperidine rings is 1. The Morgan fingerprint density at radius 2 is 2.15 bits per heavy atom. The van der Waals surface area contributed by atoms with E-state index in [9.17, 15) is 10.2 Å². The van der Waals surface area contributed by atoms with E-state index >= 15 is 0 Å². The van der Waals surface area contributed by atoms with Crippen molar-refractivity contribution in [2.24, 2.45) is 5.92 Å². The van der Waals surface area contributed by atoms with Crippen molar-refractivity contribution in [3.8, 4) is 11.5 Å². The van der Waals surface area contributed by atoms with Gasteiger partial charge in [0.15, 0.2) is 11.5 Å². The van der Waals surface area contributed by atoms with Crippen LogP contribution in [0.4, 0.5) is 0 Å². The lowest BCUT2D eigenvalue weighted by Gasteiger charge is -2.60. The maximum atomic E-state index is 12.0. The summed E-state index contributed by atoms with van der Waals surface area (Å²) >= 11 is 0. The van der Waals surface area contributed by atoms with Crippen LogP contribution in [0.15, 0.2) is 12.1 Å². The van der Waals surface area contributed by atoms with Gasteiger partial charge in [0.25, 0.3) is 0 Å². The Bertz CT molecular complexity index is 755. The quantitative estimate of drug-likeness (QED) is 0.831. The van der Waals surface area contributed by atoms with Gasteiger partial charge in [0.05, 0.1) is 17.1 Å². The molecule has 148 valence electrons. The molecular weight excluding hydrogens is 342 g/mol. The maximum absolute atomic E-state index is 12.0. The number of rotatable bonds is 5. The molecule has 0 amide bonds. The summed E-state index contributed by atoms with van der Waals surface area (Å²) in [6.45, 7) is 6.14. The Hall–Kier alpha value is -1.30. The van der Waals surface area contributed by atoms with Gasteiger partial charge >= 0.3 is 0 Å². The standard InChI is InChI=1S/C22H31NO4/c1-4-16(26-3)20-22-9-10-23(12-13-5-6-13)17(21(22,2)25)11-14-7-8-15(24)19(27-20)18(14)22/h7-8,13,16-17,20,24-25H,4-6,9-12H2,1-3H3/t16-,17?,20-,21+,22-/m0/s1. The number of aliphatic hydroxyl groups is 1.